The third-order valence-corrected chi connectivity index (χ3v) is 6.89. The van der Waals surface area contributed by atoms with Crippen LogP contribution in [0.1, 0.15) is 71.1 Å². The summed E-state index contributed by atoms with van der Waals surface area (Å²) in [6.45, 7) is 7.46. The maximum absolute atomic E-state index is 11.6. The van der Waals surface area contributed by atoms with Gasteiger partial charge < -0.3 is 9.80 Å². The summed E-state index contributed by atoms with van der Waals surface area (Å²) in [5.74, 6) is 0.244. The van der Waals surface area contributed by atoms with Gasteiger partial charge in [-0.15, -0.1) is 0 Å². The summed E-state index contributed by atoms with van der Waals surface area (Å²) in [6, 6.07) is 0.657. The van der Waals surface area contributed by atoms with Crippen molar-refractivity contribution >= 4 is 5.91 Å². The first kappa shape index (κ1) is 18.2. The lowest BCUT2D eigenvalue weighted by molar-refractivity contribution is -0.130. The fourth-order valence-electron chi connectivity index (χ4n) is 5.37. The Labute approximate surface area is 148 Å². The van der Waals surface area contributed by atoms with E-state index in [4.69, 9.17) is 0 Å². The van der Waals surface area contributed by atoms with E-state index in [2.05, 4.69) is 16.8 Å². The standard InChI is InChI=1S/C20H37N3O/c1-18(24)22-15-9-19(10-16-22)21(2)17-20(11-5-3-6-12-20)23-13-7-4-8-14-23/h19H,3-17H2,1-2H3. The summed E-state index contributed by atoms with van der Waals surface area (Å²) in [4.78, 5) is 19.1. The molecule has 2 aliphatic heterocycles. The third kappa shape index (κ3) is 4.13. The molecule has 1 saturated carbocycles. The van der Waals surface area contributed by atoms with Crippen molar-refractivity contribution in [2.24, 2.45) is 0 Å². The minimum Gasteiger partial charge on any atom is -0.343 e. The lowest BCUT2D eigenvalue weighted by atomic mass is 9.78. The summed E-state index contributed by atoms with van der Waals surface area (Å²) in [7, 11) is 2.34. The van der Waals surface area contributed by atoms with Gasteiger partial charge in [0.25, 0.3) is 0 Å². The number of hydrogen-bond acceptors (Lipinski definition) is 3. The molecule has 1 amide bonds. The molecule has 2 heterocycles. The predicted octanol–water partition coefficient (Wildman–Crippen LogP) is 3.12. The number of nitrogens with zero attached hydrogens (tertiary/aromatic N) is 3. The Balaban J connectivity index is 1.61. The van der Waals surface area contributed by atoms with Gasteiger partial charge in [-0.3, -0.25) is 9.69 Å². The molecule has 2 saturated heterocycles. The Morgan fingerprint density at radius 2 is 1.54 bits per heavy atom. The molecule has 0 bridgehead atoms. The SMILES string of the molecule is CC(=O)N1CCC(N(C)CC2(N3CCCCC3)CCCCC2)CC1. The van der Waals surface area contributed by atoms with Crippen molar-refractivity contribution in [1.82, 2.24) is 14.7 Å². The predicted molar refractivity (Wildman–Crippen MR) is 99.1 cm³/mol. The number of carbonyl (C=O) groups is 1. The highest BCUT2D eigenvalue weighted by atomic mass is 16.2. The van der Waals surface area contributed by atoms with Crippen LogP contribution in [0.2, 0.25) is 0 Å². The minimum absolute atomic E-state index is 0.244. The maximum Gasteiger partial charge on any atom is 0.219 e. The van der Waals surface area contributed by atoms with Gasteiger partial charge in [-0.05, 0) is 58.7 Å². The first-order valence-electron chi connectivity index (χ1n) is 10.3. The first-order valence-corrected chi connectivity index (χ1v) is 10.3. The molecule has 3 aliphatic rings. The van der Waals surface area contributed by atoms with Crippen molar-refractivity contribution < 1.29 is 4.79 Å². The number of rotatable bonds is 4. The van der Waals surface area contributed by atoms with Crippen molar-refractivity contribution in [3.63, 3.8) is 0 Å². The topological polar surface area (TPSA) is 26.8 Å². The number of amides is 1. The quantitative estimate of drug-likeness (QED) is 0.790. The fraction of sp³-hybridized carbons (Fsp3) is 0.950. The molecule has 24 heavy (non-hydrogen) atoms. The maximum atomic E-state index is 11.6. The molecule has 138 valence electrons. The van der Waals surface area contributed by atoms with Gasteiger partial charge in [0.2, 0.25) is 5.91 Å². The molecule has 0 radical (unpaired) electrons. The van der Waals surface area contributed by atoms with E-state index >= 15 is 0 Å². The van der Waals surface area contributed by atoms with Crippen molar-refractivity contribution in [3.8, 4) is 0 Å². The zero-order chi connectivity index (χ0) is 17.0. The van der Waals surface area contributed by atoms with E-state index in [0.29, 0.717) is 11.6 Å². The molecule has 4 nitrogen and oxygen atoms in total. The zero-order valence-corrected chi connectivity index (χ0v) is 15.9. The Kier molecular flexibility index (Phi) is 6.20. The Morgan fingerprint density at radius 1 is 0.958 bits per heavy atom. The second-order valence-corrected chi connectivity index (χ2v) is 8.49. The molecule has 1 aliphatic carbocycles. The van der Waals surface area contributed by atoms with Gasteiger partial charge in [0.05, 0.1) is 0 Å². The summed E-state index contributed by atoms with van der Waals surface area (Å²) in [6.07, 6.45) is 13.5. The van der Waals surface area contributed by atoms with Crippen LogP contribution in [-0.4, -0.2) is 72.0 Å². The summed E-state index contributed by atoms with van der Waals surface area (Å²) in [5, 5.41) is 0. The zero-order valence-electron chi connectivity index (χ0n) is 15.9. The van der Waals surface area contributed by atoms with Gasteiger partial charge in [0.1, 0.15) is 0 Å². The number of hydrogen-bond donors (Lipinski definition) is 0. The van der Waals surface area contributed by atoms with Crippen molar-refractivity contribution in [3.05, 3.63) is 0 Å². The molecule has 0 atom stereocenters. The van der Waals surface area contributed by atoms with Crippen LogP contribution < -0.4 is 0 Å². The Hall–Kier alpha value is -0.610. The molecule has 3 rings (SSSR count). The minimum atomic E-state index is 0.244. The lowest BCUT2D eigenvalue weighted by Gasteiger charge is -2.51. The van der Waals surface area contributed by atoms with Gasteiger partial charge in [-0.25, -0.2) is 0 Å². The van der Waals surface area contributed by atoms with E-state index in [-0.39, 0.29) is 5.91 Å². The Morgan fingerprint density at radius 3 is 2.12 bits per heavy atom. The molecule has 0 unspecified atom stereocenters. The molecule has 0 aromatic carbocycles. The Bertz CT molecular complexity index is 405. The van der Waals surface area contributed by atoms with Crippen molar-refractivity contribution in [1.29, 1.82) is 0 Å². The fourth-order valence-corrected chi connectivity index (χ4v) is 5.37. The molecule has 3 fully saturated rings. The van der Waals surface area contributed by atoms with E-state index in [1.54, 1.807) is 6.92 Å². The normalized spacial score (nSPS) is 26.7. The van der Waals surface area contributed by atoms with Crippen LogP contribution in [0.4, 0.5) is 0 Å². The monoisotopic (exact) mass is 335 g/mol. The van der Waals surface area contributed by atoms with Crippen LogP contribution >= 0.6 is 0 Å². The van der Waals surface area contributed by atoms with Crippen LogP contribution in [0.5, 0.6) is 0 Å². The summed E-state index contributed by atoms with van der Waals surface area (Å²) >= 11 is 0. The molecule has 4 heteroatoms. The number of carbonyl (C=O) groups excluding carboxylic acids is 1. The van der Waals surface area contributed by atoms with Gasteiger partial charge in [0.15, 0.2) is 0 Å². The van der Waals surface area contributed by atoms with Crippen LogP contribution in [0.3, 0.4) is 0 Å². The molecular formula is C20H37N3O. The highest BCUT2D eigenvalue weighted by Gasteiger charge is 2.40. The summed E-state index contributed by atoms with van der Waals surface area (Å²) < 4.78 is 0. The number of likely N-dealkylation sites (N-methyl/N-ethyl adjacent to an activating group) is 1. The smallest absolute Gasteiger partial charge is 0.219 e. The largest absolute Gasteiger partial charge is 0.343 e. The lowest BCUT2D eigenvalue weighted by Crippen LogP contribution is -2.59. The van der Waals surface area contributed by atoms with E-state index in [1.165, 1.54) is 71.0 Å². The molecule has 0 spiro atoms. The molecule has 0 aromatic heterocycles. The highest BCUT2D eigenvalue weighted by molar-refractivity contribution is 5.73. The molecule has 0 aromatic rings. The average molecular weight is 336 g/mol. The second-order valence-electron chi connectivity index (χ2n) is 8.49. The van der Waals surface area contributed by atoms with Gasteiger partial charge >= 0.3 is 0 Å². The van der Waals surface area contributed by atoms with E-state index in [9.17, 15) is 4.79 Å². The molecule has 0 N–H and O–H groups in total. The van der Waals surface area contributed by atoms with E-state index in [0.717, 1.165) is 25.9 Å². The van der Waals surface area contributed by atoms with Crippen LogP contribution in [0.15, 0.2) is 0 Å². The number of likely N-dealkylation sites (tertiary alicyclic amines) is 2. The first-order chi connectivity index (χ1) is 11.6. The van der Waals surface area contributed by atoms with Gasteiger partial charge in [-0.2, -0.15) is 0 Å². The van der Waals surface area contributed by atoms with Crippen LogP contribution in [0.25, 0.3) is 0 Å². The van der Waals surface area contributed by atoms with Gasteiger partial charge in [0, 0.05) is 38.1 Å². The van der Waals surface area contributed by atoms with Crippen LogP contribution in [-0.2, 0) is 4.79 Å². The van der Waals surface area contributed by atoms with E-state index in [1.807, 2.05) is 4.90 Å². The van der Waals surface area contributed by atoms with Crippen molar-refractivity contribution in [2.75, 3.05) is 39.8 Å². The number of piperidine rings is 2. The third-order valence-electron chi connectivity index (χ3n) is 6.89. The van der Waals surface area contributed by atoms with Crippen molar-refractivity contribution in [2.45, 2.75) is 82.7 Å². The average Bonchev–Trinajstić information content (AvgIpc) is 2.63. The van der Waals surface area contributed by atoms with E-state index < -0.39 is 0 Å². The summed E-state index contributed by atoms with van der Waals surface area (Å²) in [5.41, 5.74) is 0.436. The highest BCUT2D eigenvalue weighted by Crippen LogP contribution is 2.37. The second kappa shape index (κ2) is 8.18. The molecular weight excluding hydrogens is 298 g/mol. The van der Waals surface area contributed by atoms with Gasteiger partial charge in [-0.1, -0.05) is 25.7 Å². The van der Waals surface area contributed by atoms with Crippen LogP contribution in [0, 0.1) is 0 Å².